The molecule has 0 N–H and O–H groups in total. The molecule has 0 unspecified atom stereocenters. The van der Waals surface area contributed by atoms with E-state index in [1.807, 2.05) is 13.0 Å². The zero-order chi connectivity index (χ0) is 22.2. The normalized spacial score (nSPS) is 16.4. The third-order valence-corrected chi connectivity index (χ3v) is 8.55. The molecule has 1 fully saturated rings. The first kappa shape index (κ1) is 22.2. The molecule has 0 spiro atoms. The molecule has 0 bridgehead atoms. The van der Waals surface area contributed by atoms with Crippen LogP contribution >= 0.6 is 11.3 Å². The molecule has 1 aromatic carbocycles. The fraction of sp³-hybridized carbons (Fsp3) is 0.524. The number of thiazole rings is 1. The molecular weight excluding hydrogens is 432 g/mol. The third-order valence-electron chi connectivity index (χ3n) is 5.72. The molecule has 0 atom stereocenters. The van der Waals surface area contributed by atoms with Crippen LogP contribution in [-0.4, -0.2) is 72.4 Å². The number of imidazole rings is 1. The monoisotopic (exact) mass is 462 g/mol. The van der Waals surface area contributed by atoms with E-state index in [0.717, 1.165) is 73.4 Å². The lowest BCUT2D eigenvalue weighted by molar-refractivity contribution is 0.275. The maximum absolute atomic E-state index is 12.5. The van der Waals surface area contributed by atoms with Crippen molar-refractivity contribution < 1.29 is 8.42 Å². The van der Waals surface area contributed by atoms with Gasteiger partial charge in [0.15, 0.2) is 5.13 Å². The summed E-state index contributed by atoms with van der Waals surface area (Å²) in [6, 6.07) is 5.24. The van der Waals surface area contributed by atoms with Crippen LogP contribution in [0.1, 0.15) is 24.9 Å². The molecule has 1 saturated heterocycles. The van der Waals surface area contributed by atoms with Crippen molar-refractivity contribution in [1.29, 1.82) is 0 Å². The number of rotatable bonds is 6. The summed E-state index contributed by atoms with van der Waals surface area (Å²) in [6.07, 6.45) is 1.08. The summed E-state index contributed by atoms with van der Waals surface area (Å²) < 4.78 is 28.5. The van der Waals surface area contributed by atoms with Crippen molar-refractivity contribution in [1.82, 2.24) is 23.7 Å². The van der Waals surface area contributed by atoms with Gasteiger partial charge in [0, 0.05) is 52.2 Å². The summed E-state index contributed by atoms with van der Waals surface area (Å²) >= 11 is 1.71. The number of anilines is 1. The van der Waals surface area contributed by atoms with Crippen molar-refractivity contribution in [2.75, 3.05) is 45.2 Å². The van der Waals surface area contributed by atoms with Gasteiger partial charge in [-0.05, 0) is 38.5 Å². The van der Waals surface area contributed by atoms with Crippen LogP contribution in [0, 0.1) is 6.92 Å². The second-order valence-corrected chi connectivity index (χ2v) is 11.1. The zero-order valence-corrected chi connectivity index (χ0v) is 20.2. The van der Waals surface area contributed by atoms with Gasteiger partial charge < -0.3 is 9.47 Å². The van der Waals surface area contributed by atoms with Gasteiger partial charge in [0.05, 0.1) is 28.2 Å². The fourth-order valence-electron chi connectivity index (χ4n) is 4.01. The Labute approximate surface area is 188 Å². The van der Waals surface area contributed by atoms with Crippen molar-refractivity contribution in [3.8, 4) is 0 Å². The Morgan fingerprint density at radius 2 is 1.94 bits per heavy atom. The number of benzene rings is 1. The summed E-state index contributed by atoms with van der Waals surface area (Å²) in [5.74, 6) is 0.982. The summed E-state index contributed by atoms with van der Waals surface area (Å²) in [6.45, 7) is 9.61. The fourth-order valence-corrected chi connectivity index (χ4v) is 5.79. The van der Waals surface area contributed by atoms with Crippen LogP contribution < -0.4 is 4.90 Å². The molecule has 3 aromatic rings. The lowest BCUT2D eigenvalue weighted by Gasteiger charge is -2.21. The Kier molecular flexibility index (Phi) is 6.34. The summed E-state index contributed by atoms with van der Waals surface area (Å²) in [5.41, 5.74) is 2.79. The Morgan fingerprint density at radius 1 is 1.13 bits per heavy atom. The molecule has 0 amide bonds. The van der Waals surface area contributed by atoms with Gasteiger partial charge in [-0.2, -0.15) is 0 Å². The van der Waals surface area contributed by atoms with Crippen LogP contribution in [0.3, 0.4) is 0 Å². The van der Waals surface area contributed by atoms with Crippen molar-refractivity contribution in [3.05, 3.63) is 35.1 Å². The zero-order valence-electron chi connectivity index (χ0n) is 18.6. The number of nitrogens with zero attached hydrogens (tertiary/aromatic N) is 6. The summed E-state index contributed by atoms with van der Waals surface area (Å²) in [7, 11) is -0.385. The lowest BCUT2D eigenvalue weighted by Crippen LogP contribution is -2.31. The van der Waals surface area contributed by atoms with E-state index in [4.69, 9.17) is 4.98 Å². The number of aromatic nitrogens is 3. The Hall–Kier alpha value is -2.01. The van der Waals surface area contributed by atoms with Gasteiger partial charge in [-0.15, -0.1) is 11.3 Å². The lowest BCUT2D eigenvalue weighted by atomic mass is 10.3. The first-order valence-corrected chi connectivity index (χ1v) is 12.9. The highest BCUT2D eigenvalue weighted by Crippen LogP contribution is 2.24. The maximum Gasteiger partial charge on any atom is 0.242 e. The first-order chi connectivity index (χ1) is 14.8. The van der Waals surface area contributed by atoms with Crippen molar-refractivity contribution in [2.45, 2.75) is 38.3 Å². The number of hydrogen-bond donors (Lipinski definition) is 0. The predicted octanol–water partition coefficient (Wildman–Crippen LogP) is 2.78. The van der Waals surface area contributed by atoms with E-state index in [0.29, 0.717) is 0 Å². The van der Waals surface area contributed by atoms with E-state index >= 15 is 0 Å². The number of sulfonamides is 1. The molecule has 1 aliphatic rings. The van der Waals surface area contributed by atoms with Gasteiger partial charge in [0.2, 0.25) is 10.0 Å². The molecule has 0 aliphatic carbocycles. The van der Waals surface area contributed by atoms with E-state index in [1.165, 1.54) is 4.31 Å². The molecule has 3 heterocycles. The van der Waals surface area contributed by atoms with E-state index in [2.05, 4.69) is 31.7 Å². The number of hydrogen-bond acceptors (Lipinski definition) is 7. The molecule has 0 radical (unpaired) electrons. The van der Waals surface area contributed by atoms with Crippen LogP contribution in [0.2, 0.25) is 0 Å². The van der Waals surface area contributed by atoms with Crippen molar-refractivity contribution >= 4 is 37.5 Å². The highest BCUT2D eigenvalue weighted by atomic mass is 32.2. The summed E-state index contributed by atoms with van der Waals surface area (Å²) in [5, 5.41) is 3.21. The maximum atomic E-state index is 12.5. The Balaban J connectivity index is 1.55. The van der Waals surface area contributed by atoms with Crippen LogP contribution in [0.5, 0.6) is 0 Å². The van der Waals surface area contributed by atoms with Crippen LogP contribution in [0.25, 0.3) is 11.0 Å². The number of aryl methyl sites for hydroxylation is 2. The SMILES string of the molecule is CCn1c(CN2CCCN(c3nc(C)cs3)CC2)nc2cc(S(=O)(=O)N(C)C)ccc21. The Bertz CT molecular complexity index is 1170. The largest absolute Gasteiger partial charge is 0.347 e. The molecule has 4 rings (SSSR count). The van der Waals surface area contributed by atoms with Gasteiger partial charge in [-0.25, -0.2) is 22.7 Å². The van der Waals surface area contributed by atoms with Gasteiger partial charge in [0.1, 0.15) is 5.82 Å². The predicted molar refractivity (Wildman–Crippen MR) is 125 cm³/mol. The molecule has 1 aliphatic heterocycles. The van der Waals surface area contributed by atoms with Crippen LogP contribution in [0.4, 0.5) is 5.13 Å². The quantitative estimate of drug-likeness (QED) is 0.561. The molecular formula is C21H30N6O2S2. The van der Waals surface area contributed by atoms with Crippen LogP contribution in [0.15, 0.2) is 28.5 Å². The van der Waals surface area contributed by atoms with E-state index in [9.17, 15) is 8.42 Å². The molecule has 31 heavy (non-hydrogen) atoms. The average molecular weight is 463 g/mol. The topological polar surface area (TPSA) is 74.6 Å². The minimum absolute atomic E-state index is 0.279. The van der Waals surface area contributed by atoms with Gasteiger partial charge in [0.25, 0.3) is 0 Å². The van der Waals surface area contributed by atoms with Gasteiger partial charge >= 0.3 is 0 Å². The highest BCUT2D eigenvalue weighted by Gasteiger charge is 2.22. The smallest absolute Gasteiger partial charge is 0.242 e. The molecule has 2 aromatic heterocycles. The third kappa shape index (κ3) is 4.48. The average Bonchev–Trinajstić information content (AvgIpc) is 3.23. The number of fused-ring (bicyclic) bond motifs is 1. The standard InChI is InChI=1S/C21H30N6O2S2/c1-5-27-19-8-7-17(31(28,29)24(3)4)13-18(19)23-20(27)14-25-9-6-10-26(12-11-25)21-22-16(2)15-30-21/h7-8,13,15H,5-6,9-12,14H2,1-4H3. The minimum Gasteiger partial charge on any atom is -0.347 e. The van der Waals surface area contributed by atoms with Gasteiger partial charge in [-0.3, -0.25) is 4.90 Å². The van der Waals surface area contributed by atoms with Crippen molar-refractivity contribution in [2.24, 2.45) is 0 Å². The highest BCUT2D eigenvalue weighted by molar-refractivity contribution is 7.89. The molecule has 10 heteroatoms. The van der Waals surface area contributed by atoms with E-state index in [1.54, 1.807) is 37.6 Å². The van der Waals surface area contributed by atoms with Crippen LogP contribution in [-0.2, 0) is 23.1 Å². The Morgan fingerprint density at radius 3 is 2.61 bits per heavy atom. The van der Waals surface area contributed by atoms with Gasteiger partial charge in [-0.1, -0.05) is 0 Å². The van der Waals surface area contributed by atoms with Crippen molar-refractivity contribution in [3.63, 3.8) is 0 Å². The minimum atomic E-state index is -3.48. The van der Waals surface area contributed by atoms with E-state index in [-0.39, 0.29) is 4.90 Å². The molecule has 168 valence electrons. The molecule has 0 saturated carbocycles. The first-order valence-electron chi connectivity index (χ1n) is 10.6. The second-order valence-electron chi connectivity index (χ2n) is 8.10. The summed E-state index contributed by atoms with van der Waals surface area (Å²) in [4.78, 5) is 14.6. The second kappa shape index (κ2) is 8.85. The molecule has 8 nitrogen and oxygen atoms in total. The van der Waals surface area contributed by atoms with E-state index < -0.39 is 10.0 Å².